The van der Waals surface area contributed by atoms with Gasteiger partial charge in [-0.15, -0.1) is 0 Å². The van der Waals surface area contributed by atoms with E-state index in [2.05, 4.69) is 4.74 Å². The molecule has 0 aliphatic carbocycles. The molecule has 18 heavy (non-hydrogen) atoms. The number of rotatable bonds is 5. The van der Waals surface area contributed by atoms with Crippen molar-refractivity contribution in [2.75, 3.05) is 12.3 Å². The molecule has 0 fully saturated rings. The standard InChI is InChI=1S/C11H12ClF2NO3/c1-2-17-9(16)4-6-3-7(12)5-8(10(6)15)18-11(13)14/h3,5,11H,2,4,15H2,1H3. The molecule has 2 N–H and O–H groups in total. The Morgan fingerprint density at radius 2 is 2.17 bits per heavy atom. The molecular weight excluding hydrogens is 268 g/mol. The summed E-state index contributed by atoms with van der Waals surface area (Å²) in [4.78, 5) is 11.3. The maximum Gasteiger partial charge on any atom is 0.387 e. The van der Waals surface area contributed by atoms with Crippen LogP contribution >= 0.6 is 11.6 Å². The predicted molar refractivity (Wildman–Crippen MR) is 62.8 cm³/mol. The van der Waals surface area contributed by atoms with E-state index in [0.29, 0.717) is 0 Å². The fourth-order valence-electron chi connectivity index (χ4n) is 1.35. The molecule has 1 rings (SSSR count). The summed E-state index contributed by atoms with van der Waals surface area (Å²) < 4.78 is 33.2. The number of benzene rings is 1. The SMILES string of the molecule is CCOC(=O)Cc1cc(Cl)cc(OC(F)F)c1N. The topological polar surface area (TPSA) is 61.5 Å². The first-order chi connectivity index (χ1) is 8.43. The number of carbonyl (C=O) groups excluding carboxylic acids is 1. The largest absolute Gasteiger partial charge is 0.466 e. The van der Waals surface area contributed by atoms with Gasteiger partial charge in [0, 0.05) is 11.1 Å². The van der Waals surface area contributed by atoms with Crippen LogP contribution in [0.5, 0.6) is 5.75 Å². The quantitative estimate of drug-likeness (QED) is 0.665. The van der Waals surface area contributed by atoms with Crippen molar-refractivity contribution in [3.63, 3.8) is 0 Å². The average Bonchev–Trinajstić information content (AvgIpc) is 2.24. The molecule has 0 bridgehead atoms. The number of nitrogen functional groups attached to an aromatic ring is 1. The van der Waals surface area contributed by atoms with Crippen LogP contribution in [0.15, 0.2) is 12.1 Å². The molecule has 100 valence electrons. The van der Waals surface area contributed by atoms with Crippen LogP contribution in [0, 0.1) is 0 Å². The van der Waals surface area contributed by atoms with Crippen LogP contribution < -0.4 is 10.5 Å². The van der Waals surface area contributed by atoms with Crippen molar-refractivity contribution < 1.29 is 23.0 Å². The molecular formula is C11H12ClF2NO3. The Bertz CT molecular complexity index is 441. The van der Waals surface area contributed by atoms with Gasteiger partial charge in [-0.25, -0.2) is 0 Å². The van der Waals surface area contributed by atoms with Gasteiger partial charge in [-0.1, -0.05) is 11.6 Å². The number of hydrogen-bond acceptors (Lipinski definition) is 4. The van der Waals surface area contributed by atoms with E-state index in [1.54, 1.807) is 6.92 Å². The van der Waals surface area contributed by atoms with Crippen LogP contribution in [0.2, 0.25) is 5.02 Å². The highest BCUT2D eigenvalue weighted by atomic mass is 35.5. The summed E-state index contributed by atoms with van der Waals surface area (Å²) in [7, 11) is 0. The lowest BCUT2D eigenvalue weighted by molar-refractivity contribution is -0.142. The van der Waals surface area contributed by atoms with Gasteiger partial charge in [0.15, 0.2) is 5.75 Å². The molecule has 0 aliphatic heterocycles. The van der Waals surface area contributed by atoms with E-state index < -0.39 is 12.6 Å². The zero-order valence-corrected chi connectivity index (χ0v) is 10.3. The number of carbonyl (C=O) groups is 1. The minimum Gasteiger partial charge on any atom is -0.466 e. The molecule has 0 heterocycles. The van der Waals surface area contributed by atoms with E-state index in [0.717, 1.165) is 6.07 Å². The zero-order chi connectivity index (χ0) is 13.7. The second-order valence-electron chi connectivity index (χ2n) is 3.34. The third-order valence-corrected chi connectivity index (χ3v) is 2.27. The van der Waals surface area contributed by atoms with Gasteiger partial charge >= 0.3 is 12.6 Å². The number of ether oxygens (including phenoxy) is 2. The molecule has 1 aromatic rings. The van der Waals surface area contributed by atoms with Gasteiger partial charge in [-0.2, -0.15) is 8.78 Å². The first-order valence-electron chi connectivity index (χ1n) is 5.12. The normalized spacial score (nSPS) is 10.5. The Kier molecular flexibility index (Phi) is 5.15. The Morgan fingerprint density at radius 3 is 2.72 bits per heavy atom. The summed E-state index contributed by atoms with van der Waals surface area (Å²) in [5, 5.41) is 0.152. The maximum atomic E-state index is 12.1. The Morgan fingerprint density at radius 1 is 1.50 bits per heavy atom. The first-order valence-corrected chi connectivity index (χ1v) is 5.50. The monoisotopic (exact) mass is 279 g/mol. The highest BCUT2D eigenvalue weighted by Crippen LogP contribution is 2.31. The average molecular weight is 280 g/mol. The number of hydrogen-bond donors (Lipinski definition) is 1. The smallest absolute Gasteiger partial charge is 0.387 e. The lowest BCUT2D eigenvalue weighted by Gasteiger charge is -2.12. The highest BCUT2D eigenvalue weighted by molar-refractivity contribution is 6.31. The fourth-order valence-corrected chi connectivity index (χ4v) is 1.59. The summed E-state index contributed by atoms with van der Waals surface area (Å²) in [5.41, 5.74) is 5.86. The number of esters is 1. The highest BCUT2D eigenvalue weighted by Gasteiger charge is 2.15. The van der Waals surface area contributed by atoms with Crippen molar-refractivity contribution in [2.45, 2.75) is 20.0 Å². The zero-order valence-electron chi connectivity index (χ0n) is 9.58. The van der Waals surface area contributed by atoms with Gasteiger partial charge in [0.05, 0.1) is 18.7 Å². The van der Waals surface area contributed by atoms with Gasteiger partial charge < -0.3 is 15.2 Å². The van der Waals surface area contributed by atoms with Gasteiger partial charge in [-0.05, 0) is 18.6 Å². The second-order valence-corrected chi connectivity index (χ2v) is 3.77. The van der Waals surface area contributed by atoms with Crippen LogP contribution in [0.3, 0.4) is 0 Å². The molecule has 0 unspecified atom stereocenters. The molecule has 1 aromatic carbocycles. The third kappa shape index (κ3) is 4.03. The van der Waals surface area contributed by atoms with Crippen molar-refractivity contribution >= 4 is 23.3 Å². The summed E-state index contributed by atoms with van der Waals surface area (Å²) in [6, 6.07) is 2.57. The van der Waals surface area contributed by atoms with E-state index in [1.165, 1.54) is 6.07 Å². The van der Waals surface area contributed by atoms with E-state index in [4.69, 9.17) is 22.1 Å². The predicted octanol–water partition coefficient (Wildman–Crippen LogP) is 2.63. The fraction of sp³-hybridized carbons (Fsp3) is 0.364. The van der Waals surface area contributed by atoms with Crippen LogP contribution in [0.1, 0.15) is 12.5 Å². The molecule has 0 aliphatic rings. The van der Waals surface area contributed by atoms with Crippen molar-refractivity contribution in [2.24, 2.45) is 0 Å². The Balaban J connectivity index is 2.97. The second kappa shape index (κ2) is 6.39. The molecule has 0 radical (unpaired) electrons. The van der Waals surface area contributed by atoms with E-state index in [1.807, 2.05) is 0 Å². The van der Waals surface area contributed by atoms with Crippen molar-refractivity contribution in [1.29, 1.82) is 0 Å². The number of nitrogens with two attached hydrogens (primary N) is 1. The lowest BCUT2D eigenvalue weighted by Crippen LogP contribution is -2.11. The van der Waals surface area contributed by atoms with E-state index >= 15 is 0 Å². The minimum atomic E-state index is -3.01. The molecule has 0 atom stereocenters. The molecule has 4 nitrogen and oxygen atoms in total. The van der Waals surface area contributed by atoms with Gasteiger partial charge in [0.25, 0.3) is 0 Å². The number of alkyl halides is 2. The maximum absolute atomic E-state index is 12.1. The third-order valence-electron chi connectivity index (χ3n) is 2.05. The molecule has 0 saturated carbocycles. The van der Waals surface area contributed by atoms with E-state index in [-0.39, 0.29) is 35.1 Å². The van der Waals surface area contributed by atoms with Crippen LogP contribution in [0.4, 0.5) is 14.5 Å². The Labute approximate surface area is 108 Å². The number of halogens is 3. The summed E-state index contributed by atoms with van der Waals surface area (Å²) in [6.45, 7) is -1.13. The van der Waals surface area contributed by atoms with Crippen LogP contribution in [0.25, 0.3) is 0 Å². The minimum absolute atomic E-state index is 0.0484. The summed E-state index contributed by atoms with van der Waals surface area (Å²) >= 11 is 5.73. The van der Waals surface area contributed by atoms with Crippen molar-refractivity contribution in [3.05, 3.63) is 22.7 Å². The van der Waals surface area contributed by atoms with Crippen LogP contribution in [-0.4, -0.2) is 19.2 Å². The first kappa shape index (κ1) is 14.5. The van der Waals surface area contributed by atoms with Crippen LogP contribution in [-0.2, 0) is 16.0 Å². The van der Waals surface area contributed by atoms with Gasteiger partial charge in [0.2, 0.25) is 0 Å². The Hall–Kier alpha value is -1.56. The van der Waals surface area contributed by atoms with Gasteiger partial charge in [-0.3, -0.25) is 4.79 Å². The molecule has 7 heteroatoms. The molecule has 0 spiro atoms. The molecule has 0 aromatic heterocycles. The lowest BCUT2D eigenvalue weighted by atomic mass is 10.1. The molecule has 0 saturated heterocycles. The van der Waals surface area contributed by atoms with E-state index in [9.17, 15) is 13.6 Å². The number of anilines is 1. The molecule has 0 amide bonds. The summed E-state index contributed by atoms with van der Waals surface area (Å²) in [6.07, 6.45) is -0.153. The van der Waals surface area contributed by atoms with Crippen molar-refractivity contribution in [1.82, 2.24) is 0 Å². The van der Waals surface area contributed by atoms with Crippen molar-refractivity contribution in [3.8, 4) is 5.75 Å². The van der Waals surface area contributed by atoms with Gasteiger partial charge in [0.1, 0.15) is 0 Å². The summed E-state index contributed by atoms with van der Waals surface area (Å²) in [5.74, 6) is -0.772.